The average molecular weight is 392 g/mol. The molecule has 1 N–H and O–H groups in total. The van der Waals surface area contributed by atoms with E-state index in [4.69, 9.17) is 9.52 Å². The molecule has 5 heteroatoms. The van der Waals surface area contributed by atoms with Crippen LogP contribution in [0.1, 0.15) is 11.1 Å². The minimum Gasteiger partial charge on any atom is -0.456 e. The number of aromatic nitrogens is 2. The minimum atomic E-state index is 0.667. The van der Waals surface area contributed by atoms with E-state index < -0.39 is 0 Å². The summed E-state index contributed by atoms with van der Waals surface area (Å²) in [5.41, 5.74) is 8.08. The molecule has 0 amide bonds. The second kappa shape index (κ2) is 7.44. The van der Waals surface area contributed by atoms with Crippen molar-refractivity contribution in [3.63, 3.8) is 0 Å². The van der Waals surface area contributed by atoms with Crippen molar-refractivity contribution >= 4 is 27.7 Å². The maximum Gasteiger partial charge on any atom is 0.157 e. The maximum absolute atomic E-state index is 6.28. The normalized spacial score (nSPS) is 11.9. The fourth-order valence-corrected chi connectivity index (χ4v) is 3.67. The smallest absolute Gasteiger partial charge is 0.157 e. The van der Waals surface area contributed by atoms with Crippen LogP contribution in [0, 0.1) is 13.8 Å². The van der Waals surface area contributed by atoms with E-state index in [2.05, 4.69) is 41.4 Å². The summed E-state index contributed by atoms with van der Waals surface area (Å²) in [4.78, 5) is 8.69. The van der Waals surface area contributed by atoms with Gasteiger partial charge in [-0.25, -0.2) is 9.97 Å². The van der Waals surface area contributed by atoms with E-state index >= 15 is 0 Å². The van der Waals surface area contributed by atoms with Gasteiger partial charge in [0, 0.05) is 22.4 Å². The molecule has 0 fully saturated rings. The van der Waals surface area contributed by atoms with Gasteiger partial charge in [0.25, 0.3) is 0 Å². The fraction of sp³-hybridized carbons (Fsp3) is 0.0800. The van der Waals surface area contributed by atoms with Gasteiger partial charge >= 0.3 is 0 Å². The molecule has 5 rings (SSSR count). The van der Waals surface area contributed by atoms with Gasteiger partial charge in [0.05, 0.1) is 10.9 Å². The number of para-hydroxylation sites is 1. The Morgan fingerprint density at radius 2 is 1.63 bits per heavy atom. The standard InChI is InChI=1S/C25H20N4O/c1-16-12-17(2)24-20(13-16)22(14-23(30-24)18-8-4-3-5-9-18)28-29-25-19-10-6-7-11-21(19)26-15-27-25/h3-15H,1-2H3,(H,26,27,29)/b28-22-. The third kappa shape index (κ3) is 3.31. The molecule has 0 atom stereocenters. The highest BCUT2D eigenvalue weighted by Gasteiger charge is 2.09. The summed E-state index contributed by atoms with van der Waals surface area (Å²) in [6, 6.07) is 24.1. The lowest BCUT2D eigenvalue weighted by Gasteiger charge is -2.09. The van der Waals surface area contributed by atoms with Gasteiger partial charge in [0.15, 0.2) is 5.82 Å². The molecule has 2 aromatic heterocycles. The van der Waals surface area contributed by atoms with Gasteiger partial charge in [-0.1, -0.05) is 48.5 Å². The summed E-state index contributed by atoms with van der Waals surface area (Å²) in [7, 11) is 0. The van der Waals surface area contributed by atoms with Gasteiger partial charge in [-0.15, -0.1) is 0 Å². The lowest BCUT2D eigenvalue weighted by atomic mass is 10.1. The van der Waals surface area contributed by atoms with E-state index in [1.165, 1.54) is 0 Å². The summed E-state index contributed by atoms with van der Waals surface area (Å²) in [5, 5.41) is 7.40. The van der Waals surface area contributed by atoms with E-state index in [1.807, 2.05) is 60.7 Å². The Labute approximate surface area is 173 Å². The number of nitrogens with zero attached hydrogens (tertiary/aromatic N) is 3. The Morgan fingerprint density at radius 1 is 0.833 bits per heavy atom. The van der Waals surface area contributed by atoms with Crippen molar-refractivity contribution in [3.8, 4) is 11.3 Å². The number of hydrogen-bond donors (Lipinski definition) is 1. The van der Waals surface area contributed by atoms with Crippen LogP contribution in [0.5, 0.6) is 0 Å². The van der Waals surface area contributed by atoms with Gasteiger partial charge in [-0.05, 0) is 43.2 Å². The molecule has 0 aliphatic heterocycles. The minimum absolute atomic E-state index is 0.667. The number of anilines is 1. The molecule has 146 valence electrons. The highest BCUT2D eigenvalue weighted by atomic mass is 16.3. The number of fused-ring (bicyclic) bond motifs is 2. The zero-order valence-electron chi connectivity index (χ0n) is 16.8. The third-order valence-electron chi connectivity index (χ3n) is 5.06. The Hall–Kier alpha value is -3.99. The van der Waals surface area contributed by atoms with Gasteiger partial charge in [-0.3, -0.25) is 5.43 Å². The zero-order chi connectivity index (χ0) is 20.5. The van der Waals surface area contributed by atoms with Crippen LogP contribution in [0.4, 0.5) is 5.82 Å². The van der Waals surface area contributed by atoms with E-state index in [9.17, 15) is 0 Å². The molecule has 5 aromatic rings. The maximum atomic E-state index is 6.28. The van der Waals surface area contributed by atoms with Gasteiger partial charge in [0.2, 0.25) is 0 Å². The van der Waals surface area contributed by atoms with Crippen molar-refractivity contribution in [2.24, 2.45) is 5.10 Å². The lowest BCUT2D eigenvalue weighted by molar-refractivity contribution is 0.615. The first kappa shape index (κ1) is 18.1. The second-order valence-electron chi connectivity index (χ2n) is 7.28. The van der Waals surface area contributed by atoms with Crippen LogP contribution in [-0.4, -0.2) is 9.97 Å². The molecule has 0 aliphatic rings. The first-order chi connectivity index (χ1) is 14.7. The molecule has 0 saturated heterocycles. The average Bonchev–Trinajstić information content (AvgIpc) is 2.78. The fourth-order valence-electron chi connectivity index (χ4n) is 3.67. The van der Waals surface area contributed by atoms with E-state index in [-0.39, 0.29) is 0 Å². The number of aryl methyl sites for hydroxylation is 2. The second-order valence-corrected chi connectivity index (χ2v) is 7.28. The van der Waals surface area contributed by atoms with Crippen molar-refractivity contribution in [1.29, 1.82) is 0 Å². The molecular weight excluding hydrogens is 372 g/mol. The molecule has 0 saturated carbocycles. The van der Waals surface area contributed by atoms with Crippen molar-refractivity contribution in [1.82, 2.24) is 9.97 Å². The van der Waals surface area contributed by atoms with Crippen LogP contribution in [0.15, 0.2) is 88.6 Å². The molecule has 0 aliphatic carbocycles. The Morgan fingerprint density at radius 3 is 2.50 bits per heavy atom. The van der Waals surface area contributed by atoms with Crippen LogP contribution in [0.3, 0.4) is 0 Å². The predicted octanol–water partition coefficient (Wildman–Crippen LogP) is 5.59. The summed E-state index contributed by atoms with van der Waals surface area (Å²) >= 11 is 0. The van der Waals surface area contributed by atoms with E-state index in [0.717, 1.165) is 49.7 Å². The van der Waals surface area contributed by atoms with Gasteiger partial charge in [-0.2, -0.15) is 5.10 Å². The molecular formula is C25H20N4O. The van der Waals surface area contributed by atoms with Gasteiger partial charge < -0.3 is 4.42 Å². The van der Waals surface area contributed by atoms with E-state index in [1.54, 1.807) is 6.33 Å². The van der Waals surface area contributed by atoms with Crippen molar-refractivity contribution < 1.29 is 4.42 Å². The molecule has 30 heavy (non-hydrogen) atoms. The third-order valence-corrected chi connectivity index (χ3v) is 5.06. The van der Waals surface area contributed by atoms with Gasteiger partial charge in [0.1, 0.15) is 17.7 Å². The number of benzene rings is 3. The molecule has 3 aromatic carbocycles. The highest BCUT2D eigenvalue weighted by Crippen LogP contribution is 2.25. The lowest BCUT2D eigenvalue weighted by Crippen LogP contribution is -2.09. The topological polar surface area (TPSA) is 63.3 Å². The van der Waals surface area contributed by atoms with E-state index in [0.29, 0.717) is 5.82 Å². The number of hydrogen-bond acceptors (Lipinski definition) is 5. The Balaban J connectivity index is 1.72. The number of rotatable bonds is 3. The molecule has 0 bridgehead atoms. The van der Waals surface area contributed by atoms with Crippen molar-refractivity contribution in [2.45, 2.75) is 13.8 Å². The SMILES string of the molecule is Cc1cc(C)c2oc(-c3ccccc3)c/c(=N/Nc3ncnc4ccccc34)c2c1. The summed E-state index contributed by atoms with van der Waals surface area (Å²) in [6.45, 7) is 4.13. The largest absolute Gasteiger partial charge is 0.456 e. The zero-order valence-corrected chi connectivity index (χ0v) is 16.8. The predicted molar refractivity (Wildman–Crippen MR) is 120 cm³/mol. The van der Waals surface area contributed by atoms with Crippen molar-refractivity contribution in [3.05, 3.63) is 95.6 Å². The quantitative estimate of drug-likeness (QED) is 0.407. The van der Waals surface area contributed by atoms with Crippen LogP contribution < -0.4 is 10.8 Å². The summed E-state index contributed by atoms with van der Waals surface area (Å²) in [5.74, 6) is 1.43. The molecule has 0 unspecified atom stereocenters. The first-order valence-electron chi connectivity index (χ1n) is 9.79. The highest BCUT2D eigenvalue weighted by molar-refractivity contribution is 5.88. The Kier molecular flexibility index (Phi) is 4.48. The van der Waals surface area contributed by atoms with Crippen LogP contribution in [0.2, 0.25) is 0 Å². The monoisotopic (exact) mass is 392 g/mol. The first-order valence-corrected chi connectivity index (χ1v) is 9.79. The van der Waals surface area contributed by atoms with Crippen molar-refractivity contribution in [2.75, 3.05) is 5.43 Å². The van der Waals surface area contributed by atoms with Crippen LogP contribution >= 0.6 is 0 Å². The molecule has 0 radical (unpaired) electrons. The Bertz CT molecular complexity index is 1430. The molecule has 0 spiro atoms. The van der Waals surface area contributed by atoms with Crippen LogP contribution in [-0.2, 0) is 0 Å². The summed E-state index contributed by atoms with van der Waals surface area (Å²) in [6.07, 6.45) is 1.54. The molecule has 5 nitrogen and oxygen atoms in total. The van der Waals surface area contributed by atoms with Crippen LogP contribution in [0.25, 0.3) is 33.2 Å². The molecule has 2 heterocycles. The number of nitrogens with one attached hydrogen (secondary N) is 1. The summed E-state index contributed by atoms with van der Waals surface area (Å²) < 4.78 is 6.28.